The SMILES string of the molecule is C[C@H](OCCC1CCNCC1)c1ccccn1. The Morgan fingerprint density at radius 3 is 2.94 bits per heavy atom. The largest absolute Gasteiger partial charge is 0.372 e. The first-order valence-electron chi connectivity index (χ1n) is 6.59. The average Bonchev–Trinajstić information content (AvgIpc) is 2.41. The van der Waals surface area contributed by atoms with Gasteiger partial charge in [0.1, 0.15) is 0 Å². The highest BCUT2D eigenvalue weighted by Crippen LogP contribution is 2.19. The number of aromatic nitrogens is 1. The number of nitrogens with zero attached hydrogens (tertiary/aromatic N) is 1. The van der Waals surface area contributed by atoms with Gasteiger partial charge in [-0.1, -0.05) is 6.07 Å². The maximum Gasteiger partial charge on any atom is 0.0966 e. The van der Waals surface area contributed by atoms with Crippen molar-refractivity contribution in [2.24, 2.45) is 5.92 Å². The van der Waals surface area contributed by atoms with Crippen LogP contribution < -0.4 is 5.32 Å². The molecule has 3 heteroatoms. The highest BCUT2D eigenvalue weighted by atomic mass is 16.5. The van der Waals surface area contributed by atoms with Crippen molar-refractivity contribution in [2.45, 2.75) is 32.3 Å². The van der Waals surface area contributed by atoms with Gasteiger partial charge in [0.25, 0.3) is 0 Å². The van der Waals surface area contributed by atoms with Crippen molar-refractivity contribution in [1.82, 2.24) is 10.3 Å². The maximum atomic E-state index is 5.85. The molecule has 2 rings (SSSR count). The van der Waals surface area contributed by atoms with Crippen molar-refractivity contribution in [3.8, 4) is 0 Å². The van der Waals surface area contributed by atoms with Crippen LogP contribution >= 0.6 is 0 Å². The summed E-state index contributed by atoms with van der Waals surface area (Å²) in [6, 6.07) is 5.97. The van der Waals surface area contributed by atoms with E-state index >= 15 is 0 Å². The molecule has 0 amide bonds. The molecule has 0 saturated carbocycles. The minimum Gasteiger partial charge on any atom is -0.372 e. The molecule has 94 valence electrons. The van der Waals surface area contributed by atoms with Gasteiger partial charge < -0.3 is 10.1 Å². The van der Waals surface area contributed by atoms with E-state index in [1.165, 1.54) is 32.4 Å². The molecule has 0 radical (unpaired) electrons. The highest BCUT2D eigenvalue weighted by molar-refractivity contribution is 5.05. The van der Waals surface area contributed by atoms with Crippen LogP contribution in [0.2, 0.25) is 0 Å². The molecular formula is C14H22N2O. The number of nitrogens with one attached hydrogen (secondary N) is 1. The molecule has 1 fully saturated rings. The van der Waals surface area contributed by atoms with Gasteiger partial charge in [0.2, 0.25) is 0 Å². The Hall–Kier alpha value is -0.930. The fourth-order valence-corrected chi connectivity index (χ4v) is 2.28. The van der Waals surface area contributed by atoms with Crippen LogP contribution in [0.4, 0.5) is 0 Å². The topological polar surface area (TPSA) is 34.1 Å². The summed E-state index contributed by atoms with van der Waals surface area (Å²) in [6.07, 6.45) is 5.70. The van der Waals surface area contributed by atoms with Crippen molar-refractivity contribution in [2.75, 3.05) is 19.7 Å². The quantitative estimate of drug-likeness (QED) is 0.850. The zero-order valence-electron chi connectivity index (χ0n) is 10.6. The van der Waals surface area contributed by atoms with Crippen LogP contribution in [0, 0.1) is 5.92 Å². The first-order chi connectivity index (χ1) is 8.36. The van der Waals surface area contributed by atoms with Crippen LogP contribution in [-0.4, -0.2) is 24.7 Å². The minimum absolute atomic E-state index is 0.109. The third-order valence-corrected chi connectivity index (χ3v) is 3.46. The van der Waals surface area contributed by atoms with Crippen LogP contribution in [0.25, 0.3) is 0 Å². The average molecular weight is 234 g/mol. The Labute approximate surface area is 104 Å². The van der Waals surface area contributed by atoms with Crippen LogP contribution in [0.3, 0.4) is 0 Å². The van der Waals surface area contributed by atoms with E-state index in [1.54, 1.807) is 0 Å². The fraction of sp³-hybridized carbons (Fsp3) is 0.643. The van der Waals surface area contributed by atoms with Crippen molar-refractivity contribution in [3.05, 3.63) is 30.1 Å². The predicted octanol–water partition coefficient (Wildman–Crippen LogP) is 2.55. The van der Waals surface area contributed by atoms with Gasteiger partial charge in [-0.25, -0.2) is 0 Å². The molecule has 1 aromatic rings. The minimum atomic E-state index is 0.109. The van der Waals surface area contributed by atoms with E-state index < -0.39 is 0 Å². The summed E-state index contributed by atoms with van der Waals surface area (Å²) in [6.45, 7) is 5.26. The van der Waals surface area contributed by atoms with E-state index in [9.17, 15) is 0 Å². The lowest BCUT2D eigenvalue weighted by molar-refractivity contribution is 0.0507. The lowest BCUT2D eigenvalue weighted by atomic mass is 9.95. The molecule has 2 heterocycles. The Bertz CT molecular complexity index is 309. The third-order valence-electron chi connectivity index (χ3n) is 3.46. The number of hydrogen-bond donors (Lipinski definition) is 1. The van der Waals surface area contributed by atoms with E-state index in [1.807, 2.05) is 24.4 Å². The smallest absolute Gasteiger partial charge is 0.0966 e. The van der Waals surface area contributed by atoms with Crippen LogP contribution in [0.5, 0.6) is 0 Å². The summed E-state index contributed by atoms with van der Waals surface area (Å²) in [5, 5.41) is 3.39. The molecule has 1 aliphatic heterocycles. The molecular weight excluding hydrogens is 212 g/mol. The van der Waals surface area contributed by atoms with Gasteiger partial charge in [0.05, 0.1) is 11.8 Å². The zero-order chi connectivity index (χ0) is 11.9. The lowest BCUT2D eigenvalue weighted by Crippen LogP contribution is -2.28. The summed E-state index contributed by atoms with van der Waals surface area (Å²) in [5.74, 6) is 0.840. The molecule has 0 spiro atoms. The maximum absolute atomic E-state index is 5.85. The number of hydrogen-bond acceptors (Lipinski definition) is 3. The second kappa shape index (κ2) is 6.72. The molecule has 0 aliphatic carbocycles. The molecule has 3 nitrogen and oxygen atoms in total. The summed E-state index contributed by atoms with van der Waals surface area (Å²) < 4.78 is 5.85. The monoisotopic (exact) mass is 234 g/mol. The second-order valence-electron chi connectivity index (χ2n) is 4.75. The number of pyridine rings is 1. The van der Waals surface area contributed by atoms with Crippen LogP contribution in [-0.2, 0) is 4.74 Å². The first kappa shape index (κ1) is 12.5. The van der Waals surface area contributed by atoms with Crippen molar-refractivity contribution >= 4 is 0 Å². The Balaban J connectivity index is 1.67. The normalized spacial score (nSPS) is 19.1. The summed E-state index contributed by atoms with van der Waals surface area (Å²) in [7, 11) is 0. The van der Waals surface area contributed by atoms with Gasteiger partial charge in [-0.05, 0) is 57.3 Å². The van der Waals surface area contributed by atoms with Crippen LogP contribution in [0.15, 0.2) is 24.4 Å². The molecule has 1 N–H and O–H groups in total. The summed E-state index contributed by atoms with van der Waals surface area (Å²) >= 11 is 0. The fourth-order valence-electron chi connectivity index (χ4n) is 2.28. The van der Waals surface area contributed by atoms with E-state index in [2.05, 4.69) is 17.2 Å². The Kier molecular flexibility index (Phi) is 4.95. The van der Waals surface area contributed by atoms with Gasteiger partial charge in [-0.3, -0.25) is 4.98 Å². The van der Waals surface area contributed by atoms with Crippen LogP contribution in [0.1, 0.15) is 38.0 Å². The summed E-state index contributed by atoms with van der Waals surface area (Å²) in [5.41, 5.74) is 1.03. The molecule has 1 aromatic heterocycles. The van der Waals surface area contributed by atoms with Gasteiger partial charge in [0.15, 0.2) is 0 Å². The van der Waals surface area contributed by atoms with E-state index in [-0.39, 0.29) is 6.10 Å². The molecule has 17 heavy (non-hydrogen) atoms. The molecule has 0 unspecified atom stereocenters. The Morgan fingerprint density at radius 1 is 1.41 bits per heavy atom. The molecule has 1 saturated heterocycles. The first-order valence-corrected chi connectivity index (χ1v) is 6.59. The highest BCUT2D eigenvalue weighted by Gasteiger charge is 2.13. The Morgan fingerprint density at radius 2 is 2.24 bits per heavy atom. The molecule has 0 aromatic carbocycles. The van der Waals surface area contributed by atoms with Gasteiger partial charge in [-0.15, -0.1) is 0 Å². The standard InChI is InChI=1S/C14H22N2O/c1-12(14-4-2-3-8-16-14)17-11-7-13-5-9-15-10-6-13/h2-4,8,12-13,15H,5-7,9-11H2,1H3/t12-/m0/s1. The third kappa shape index (κ3) is 4.10. The van der Waals surface area contributed by atoms with Gasteiger partial charge >= 0.3 is 0 Å². The van der Waals surface area contributed by atoms with E-state index in [0.29, 0.717) is 0 Å². The zero-order valence-corrected chi connectivity index (χ0v) is 10.6. The molecule has 0 bridgehead atoms. The molecule has 1 aliphatic rings. The number of rotatable bonds is 5. The lowest BCUT2D eigenvalue weighted by Gasteiger charge is -2.23. The summed E-state index contributed by atoms with van der Waals surface area (Å²) in [4.78, 5) is 4.31. The molecule has 1 atom stereocenters. The predicted molar refractivity (Wildman–Crippen MR) is 68.8 cm³/mol. The second-order valence-corrected chi connectivity index (χ2v) is 4.75. The van der Waals surface area contributed by atoms with Crippen molar-refractivity contribution in [3.63, 3.8) is 0 Å². The van der Waals surface area contributed by atoms with E-state index in [4.69, 9.17) is 4.74 Å². The van der Waals surface area contributed by atoms with Gasteiger partial charge in [-0.2, -0.15) is 0 Å². The number of ether oxygens (including phenoxy) is 1. The van der Waals surface area contributed by atoms with Crippen molar-refractivity contribution < 1.29 is 4.74 Å². The van der Waals surface area contributed by atoms with Crippen molar-refractivity contribution in [1.29, 1.82) is 0 Å². The van der Waals surface area contributed by atoms with E-state index in [0.717, 1.165) is 18.2 Å². The number of piperidine rings is 1. The van der Waals surface area contributed by atoms with Gasteiger partial charge in [0, 0.05) is 12.8 Å².